The maximum atomic E-state index is 11.9. The molecule has 2 N–H and O–H groups in total. The van der Waals surface area contributed by atoms with Crippen LogP contribution in [0.3, 0.4) is 0 Å². The summed E-state index contributed by atoms with van der Waals surface area (Å²) >= 11 is 0. The summed E-state index contributed by atoms with van der Waals surface area (Å²) in [5.41, 5.74) is 4.79. The number of nitrogens with zero attached hydrogens (tertiary/aromatic N) is 1. The molecule has 1 rings (SSSR count). The van der Waals surface area contributed by atoms with Crippen molar-refractivity contribution in [3.05, 3.63) is 0 Å². The van der Waals surface area contributed by atoms with E-state index in [-0.39, 0.29) is 23.8 Å². The highest BCUT2D eigenvalue weighted by molar-refractivity contribution is 5.78. The van der Waals surface area contributed by atoms with Crippen molar-refractivity contribution in [1.29, 1.82) is 0 Å². The van der Waals surface area contributed by atoms with Gasteiger partial charge in [-0.15, -0.1) is 0 Å². The van der Waals surface area contributed by atoms with E-state index >= 15 is 0 Å². The summed E-state index contributed by atoms with van der Waals surface area (Å²) in [5, 5.41) is 0. The number of hydrogen-bond acceptors (Lipinski definition) is 3. The Bertz CT molecular complexity index is 309. The van der Waals surface area contributed by atoms with Gasteiger partial charge < -0.3 is 15.4 Å². The van der Waals surface area contributed by atoms with Gasteiger partial charge in [0.15, 0.2) is 0 Å². The summed E-state index contributed by atoms with van der Waals surface area (Å²) in [6.07, 6.45) is 0.379. The Hall–Kier alpha value is -1.26. The number of piperidine rings is 1. The number of nitrogens with two attached hydrogens (primary N) is 1. The standard InChI is InChI=1S/C12H22N2O3/c1-8-5-9(10(13)15)7-14(6-8)11(16)17-12(2,3)4/h8-9H,5-7H2,1-4H3,(H2,13,15). The van der Waals surface area contributed by atoms with Crippen LogP contribution in [0.4, 0.5) is 4.79 Å². The molecule has 2 amide bonds. The Balaban J connectivity index is 2.64. The van der Waals surface area contributed by atoms with Gasteiger partial charge in [-0.3, -0.25) is 4.79 Å². The molecule has 2 atom stereocenters. The number of amides is 2. The van der Waals surface area contributed by atoms with Crippen LogP contribution in [0.5, 0.6) is 0 Å². The summed E-state index contributed by atoms with van der Waals surface area (Å²) in [6.45, 7) is 8.47. The van der Waals surface area contributed by atoms with E-state index in [0.29, 0.717) is 13.1 Å². The summed E-state index contributed by atoms with van der Waals surface area (Å²) in [5.74, 6) is -0.329. The normalized spacial score (nSPS) is 25.5. The third-order valence-electron chi connectivity index (χ3n) is 2.71. The highest BCUT2D eigenvalue weighted by Gasteiger charge is 2.32. The van der Waals surface area contributed by atoms with Crippen molar-refractivity contribution < 1.29 is 14.3 Å². The van der Waals surface area contributed by atoms with Crippen molar-refractivity contribution >= 4 is 12.0 Å². The molecule has 5 nitrogen and oxygen atoms in total. The topological polar surface area (TPSA) is 72.6 Å². The second kappa shape index (κ2) is 4.94. The number of primary amides is 1. The Morgan fingerprint density at radius 3 is 2.35 bits per heavy atom. The maximum Gasteiger partial charge on any atom is 0.410 e. The van der Waals surface area contributed by atoms with Gasteiger partial charge >= 0.3 is 6.09 Å². The fraction of sp³-hybridized carbons (Fsp3) is 0.833. The van der Waals surface area contributed by atoms with E-state index in [1.165, 1.54) is 0 Å². The van der Waals surface area contributed by atoms with Crippen LogP contribution in [-0.2, 0) is 9.53 Å². The molecule has 0 bridgehead atoms. The molecule has 0 radical (unpaired) electrons. The lowest BCUT2D eigenvalue weighted by atomic mass is 9.90. The molecule has 1 aliphatic rings. The zero-order valence-electron chi connectivity index (χ0n) is 11.0. The van der Waals surface area contributed by atoms with Gasteiger partial charge in [0.1, 0.15) is 5.60 Å². The van der Waals surface area contributed by atoms with E-state index in [1.807, 2.05) is 27.7 Å². The van der Waals surface area contributed by atoms with Gasteiger partial charge in [-0.25, -0.2) is 4.79 Å². The van der Waals surface area contributed by atoms with Crippen molar-refractivity contribution in [3.63, 3.8) is 0 Å². The van der Waals surface area contributed by atoms with Gasteiger partial charge in [0.2, 0.25) is 5.91 Å². The van der Waals surface area contributed by atoms with Crippen LogP contribution >= 0.6 is 0 Å². The third kappa shape index (κ3) is 4.24. The maximum absolute atomic E-state index is 11.9. The first-order valence-electron chi connectivity index (χ1n) is 5.96. The number of carbonyl (C=O) groups is 2. The van der Waals surface area contributed by atoms with Gasteiger partial charge in [0.05, 0.1) is 5.92 Å². The second-order valence-corrected chi connectivity index (χ2v) is 5.83. The first kappa shape index (κ1) is 13.8. The smallest absolute Gasteiger partial charge is 0.410 e. The lowest BCUT2D eigenvalue weighted by Gasteiger charge is -2.36. The van der Waals surface area contributed by atoms with Crippen molar-refractivity contribution in [2.45, 2.75) is 39.7 Å². The van der Waals surface area contributed by atoms with Crippen LogP contribution < -0.4 is 5.73 Å². The van der Waals surface area contributed by atoms with Crippen molar-refractivity contribution in [1.82, 2.24) is 4.90 Å². The lowest BCUT2D eigenvalue weighted by Crippen LogP contribution is -2.48. The monoisotopic (exact) mass is 242 g/mol. The highest BCUT2D eigenvalue weighted by Crippen LogP contribution is 2.23. The van der Waals surface area contributed by atoms with Crippen molar-refractivity contribution in [3.8, 4) is 0 Å². The van der Waals surface area contributed by atoms with Gasteiger partial charge in [0, 0.05) is 13.1 Å². The average Bonchev–Trinajstić information content (AvgIpc) is 2.13. The fourth-order valence-corrected chi connectivity index (χ4v) is 2.03. The summed E-state index contributed by atoms with van der Waals surface area (Å²) < 4.78 is 5.29. The van der Waals surface area contributed by atoms with E-state index in [4.69, 9.17) is 10.5 Å². The largest absolute Gasteiger partial charge is 0.444 e. The molecule has 0 saturated carbocycles. The van der Waals surface area contributed by atoms with Crippen LogP contribution in [0, 0.1) is 11.8 Å². The van der Waals surface area contributed by atoms with E-state index in [2.05, 4.69) is 0 Å². The van der Waals surface area contributed by atoms with Crippen LogP contribution in [0.2, 0.25) is 0 Å². The first-order chi connectivity index (χ1) is 7.69. The summed E-state index contributed by atoms with van der Waals surface area (Å²) in [7, 11) is 0. The Labute approximate surface area is 102 Å². The molecule has 1 saturated heterocycles. The molecular weight excluding hydrogens is 220 g/mol. The van der Waals surface area contributed by atoms with Crippen LogP contribution in [0.1, 0.15) is 34.1 Å². The minimum absolute atomic E-state index is 0.258. The number of carbonyl (C=O) groups excluding carboxylic acids is 2. The Kier molecular flexibility index (Phi) is 4.01. The number of likely N-dealkylation sites (tertiary alicyclic amines) is 1. The van der Waals surface area contributed by atoms with Gasteiger partial charge in [0.25, 0.3) is 0 Å². The van der Waals surface area contributed by atoms with E-state index < -0.39 is 5.60 Å². The molecule has 0 aromatic rings. The minimum atomic E-state index is -0.514. The Morgan fingerprint density at radius 2 is 1.88 bits per heavy atom. The SMILES string of the molecule is CC1CC(C(N)=O)CN(C(=O)OC(C)(C)C)C1. The predicted octanol–water partition coefficient (Wildman–Crippen LogP) is 1.36. The zero-order valence-corrected chi connectivity index (χ0v) is 11.0. The summed E-state index contributed by atoms with van der Waals surface area (Å²) in [6, 6.07) is 0. The molecule has 98 valence electrons. The molecule has 1 heterocycles. The molecule has 2 unspecified atom stereocenters. The quantitative estimate of drug-likeness (QED) is 0.754. The molecule has 0 aromatic heterocycles. The van der Waals surface area contributed by atoms with Crippen LogP contribution in [0.25, 0.3) is 0 Å². The number of ether oxygens (including phenoxy) is 1. The Morgan fingerprint density at radius 1 is 1.29 bits per heavy atom. The molecular formula is C12H22N2O3. The zero-order chi connectivity index (χ0) is 13.2. The van der Waals surface area contributed by atoms with E-state index in [1.54, 1.807) is 4.90 Å². The molecule has 0 aromatic carbocycles. The van der Waals surface area contributed by atoms with Gasteiger partial charge in [-0.2, -0.15) is 0 Å². The third-order valence-corrected chi connectivity index (χ3v) is 2.71. The molecule has 5 heteroatoms. The van der Waals surface area contributed by atoms with E-state index in [0.717, 1.165) is 6.42 Å². The molecule has 17 heavy (non-hydrogen) atoms. The lowest BCUT2D eigenvalue weighted by molar-refractivity contribution is -0.123. The van der Waals surface area contributed by atoms with Crippen molar-refractivity contribution in [2.24, 2.45) is 17.6 Å². The highest BCUT2D eigenvalue weighted by atomic mass is 16.6. The fourth-order valence-electron chi connectivity index (χ4n) is 2.03. The molecule has 1 aliphatic heterocycles. The van der Waals surface area contributed by atoms with Gasteiger partial charge in [-0.05, 0) is 33.1 Å². The van der Waals surface area contributed by atoms with Crippen LogP contribution in [-0.4, -0.2) is 35.6 Å². The second-order valence-electron chi connectivity index (χ2n) is 5.83. The minimum Gasteiger partial charge on any atom is -0.444 e. The molecule has 1 fully saturated rings. The average molecular weight is 242 g/mol. The van der Waals surface area contributed by atoms with Crippen molar-refractivity contribution in [2.75, 3.05) is 13.1 Å². The predicted molar refractivity (Wildman–Crippen MR) is 64.3 cm³/mol. The number of hydrogen-bond donors (Lipinski definition) is 1. The number of rotatable bonds is 1. The molecule has 0 spiro atoms. The van der Waals surface area contributed by atoms with Gasteiger partial charge in [-0.1, -0.05) is 6.92 Å². The molecule has 0 aliphatic carbocycles. The van der Waals surface area contributed by atoms with E-state index in [9.17, 15) is 9.59 Å². The summed E-state index contributed by atoms with van der Waals surface area (Å²) in [4.78, 5) is 24.7. The van der Waals surface area contributed by atoms with Crippen LogP contribution in [0.15, 0.2) is 0 Å². The first-order valence-corrected chi connectivity index (χ1v) is 5.96.